The third-order valence-corrected chi connectivity index (χ3v) is 3.89. The lowest BCUT2D eigenvalue weighted by molar-refractivity contribution is 0.0709. The van der Waals surface area contributed by atoms with Crippen LogP contribution in [0.15, 0.2) is 12.3 Å². The first-order valence-corrected chi connectivity index (χ1v) is 6.45. The molecule has 1 aromatic heterocycles. The smallest absolute Gasteiger partial charge is 0.257 e. The molecule has 1 fully saturated rings. The number of carbonyl (C=O) groups is 1. The highest BCUT2D eigenvalue weighted by Gasteiger charge is 2.27. The van der Waals surface area contributed by atoms with Crippen LogP contribution in [0.3, 0.4) is 0 Å². The monoisotopic (exact) mass is 258 g/mol. The zero-order valence-electron chi connectivity index (χ0n) is 9.32. The van der Waals surface area contributed by atoms with Gasteiger partial charge in [-0.1, -0.05) is 0 Å². The van der Waals surface area contributed by atoms with Crippen LogP contribution in [0.4, 0.5) is 8.78 Å². The molecule has 2 rings (SSSR count). The molecule has 0 radical (unpaired) electrons. The second-order valence-corrected chi connectivity index (χ2v) is 5.04. The Bertz CT molecular complexity index is 441. The number of pyridine rings is 1. The van der Waals surface area contributed by atoms with Gasteiger partial charge < -0.3 is 4.90 Å². The Morgan fingerprint density at radius 2 is 2.35 bits per heavy atom. The zero-order valence-corrected chi connectivity index (χ0v) is 10.1. The third-order valence-electron chi connectivity index (χ3n) is 2.71. The predicted octanol–water partition coefficient (Wildman–Crippen LogP) is 1.94. The molecule has 1 amide bonds. The van der Waals surface area contributed by atoms with E-state index in [1.54, 1.807) is 16.7 Å². The van der Waals surface area contributed by atoms with Crippen LogP contribution in [-0.2, 0) is 0 Å². The first-order chi connectivity index (χ1) is 8.11. The van der Waals surface area contributed by atoms with E-state index in [1.165, 1.54) is 6.07 Å². The molecule has 0 aromatic carbocycles. The standard InChI is InChI=1S/C11H12F2N2OS/c1-7-6-17-5-4-15(7)11(16)8-2-3-14-10(13)9(8)12/h2-3,7H,4-6H2,1H3. The van der Waals surface area contributed by atoms with Gasteiger partial charge in [0, 0.05) is 30.3 Å². The van der Waals surface area contributed by atoms with E-state index in [1.807, 2.05) is 6.92 Å². The first-order valence-electron chi connectivity index (χ1n) is 5.30. The van der Waals surface area contributed by atoms with Gasteiger partial charge in [-0.05, 0) is 13.0 Å². The van der Waals surface area contributed by atoms with Gasteiger partial charge >= 0.3 is 0 Å². The molecule has 17 heavy (non-hydrogen) atoms. The number of aromatic nitrogens is 1. The number of thioether (sulfide) groups is 1. The molecule has 1 atom stereocenters. The van der Waals surface area contributed by atoms with Crippen LogP contribution in [0.2, 0.25) is 0 Å². The number of amides is 1. The van der Waals surface area contributed by atoms with E-state index in [-0.39, 0.29) is 11.6 Å². The second-order valence-electron chi connectivity index (χ2n) is 3.89. The maximum Gasteiger partial charge on any atom is 0.257 e. The van der Waals surface area contributed by atoms with Crippen molar-refractivity contribution in [3.8, 4) is 0 Å². The van der Waals surface area contributed by atoms with Crippen LogP contribution in [0, 0.1) is 11.8 Å². The second kappa shape index (κ2) is 5.00. The Morgan fingerprint density at radius 3 is 3.06 bits per heavy atom. The van der Waals surface area contributed by atoms with E-state index in [4.69, 9.17) is 0 Å². The predicted molar refractivity (Wildman–Crippen MR) is 62.0 cm³/mol. The zero-order chi connectivity index (χ0) is 12.4. The van der Waals surface area contributed by atoms with Crippen molar-refractivity contribution in [3.63, 3.8) is 0 Å². The van der Waals surface area contributed by atoms with Gasteiger partial charge in [-0.15, -0.1) is 0 Å². The summed E-state index contributed by atoms with van der Waals surface area (Å²) in [6, 6.07) is 1.26. The number of hydrogen-bond donors (Lipinski definition) is 0. The van der Waals surface area contributed by atoms with Crippen molar-refractivity contribution in [1.29, 1.82) is 0 Å². The molecule has 3 nitrogen and oxygen atoms in total. The van der Waals surface area contributed by atoms with Gasteiger partial charge in [0.05, 0.1) is 5.56 Å². The van der Waals surface area contributed by atoms with Crippen LogP contribution in [0.5, 0.6) is 0 Å². The van der Waals surface area contributed by atoms with Gasteiger partial charge in [0.25, 0.3) is 5.91 Å². The SMILES string of the molecule is CC1CSCCN1C(=O)c1ccnc(F)c1F. The van der Waals surface area contributed by atoms with Crippen molar-refractivity contribution in [3.05, 3.63) is 29.6 Å². The molecule has 6 heteroatoms. The van der Waals surface area contributed by atoms with Crippen molar-refractivity contribution >= 4 is 17.7 Å². The van der Waals surface area contributed by atoms with Crippen LogP contribution in [0.1, 0.15) is 17.3 Å². The summed E-state index contributed by atoms with van der Waals surface area (Å²) in [5, 5.41) is 0. The summed E-state index contributed by atoms with van der Waals surface area (Å²) in [6.07, 6.45) is 1.11. The van der Waals surface area contributed by atoms with Gasteiger partial charge in [-0.25, -0.2) is 9.37 Å². The molecule has 0 aliphatic carbocycles. The lowest BCUT2D eigenvalue weighted by atomic mass is 10.2. The molecule has 0 spiro atoms. The van der Waals surface area contributed by atoms with Crippen molar-refractivity contribution in [1.82, 2.24) is 9.88 Å². The Balaban J connectivity index is 2.27. The van der Waals surface area contributed by atoms with Gasteiger partial charge in [0.15, 0.2) is 5.82 Å². The summed E-state index contributed by atoms with van der Waals surface area (Å²) in [5.74, 6) is -1.21. The molecule has 1 aliphatic rings. The molecule has 1 saturated heterocycles. The summed E-state index contributed by atoms with van der Waals surface area (Å²) in [7, 11) is 0. The van der Waals surface area contributed by atoms with E-state index in [0.29, 0.717) is 6.54 Å². The fourth-order valence-electron chi connectivity index (χ4n) is 1.77. The van der Waals surface area contributed by atoms with Gasteiger partial charge in [-0.3, -0.25) is 4.79 Å². The van der Waals surface area contributed by atoms with E-state index >= 15 is 0 Å². The molecule has 92 valence electrons. The van der Waals surface area contributed by atoms with E-state index < -0.39 is 17.7 Å². The fraction of sp³-hybridized carbons (Fsp3) is 0.455. The largest absolute Gasteiger partial charge is 0.334 e. The summed E-state index contributed by atoms with van der Waals surface area (Å²) < 4.78 is 26.4. The minimum absolute atomic E-state index is 0.0388. The molecule has 0 bridgehead atoms. The lowest BCUT2D eigenvalue weighted by Gasteiger charge is -2.33. The number of carbonyl (C=O) groups excluding carboxylic acids is 1. The Labute approximate surface area is 102 Å². The fourth-order valence-corrected chi connectivity index (χ4v) is 2.78. The number of hydrogen-bond acceptors (Lipinski definition) is 3. The van der Waals surface area contributed by atoms with E-state index in [9.17, 15) is 13.6 Å². The minimum Gasteiger partial charge on any atom is -0.334 e. The highest BCUT2D eigenvalue weighted by Crippen LogP contribution is 2.20. The van der Waals surface area contributed by atoms with Crippen LogP contribution < -0.4 is 0 Å². The summed E-state index contributed by atoms with van der Waals surface area (Å²) in [6.45, 7) is 2.47. The topological polar surface area (TPSA) is 33.2 Å². The van der Waals surface area contributed by atoms with Gasteiger partial charge in [-0.2, -0.15) is 16.2 Å². The maximum atomic E-state index is 13.4. The van der Waals surface area contributed by atoms with Crippen LogP contribution in [-0.4, -0.2) is 39.9 Å². The Morgan fingerprint density at radius 1 is 1.59 bits per heavy atom. The summed E-state index contributed by atoms with van der Waals surface area (Å²) in [5.41, 5.74) is -0.240. The van der Waals surface area contributed by atoms with Gasteiger partial charge in [0.1, 0.15) is 0 Å². The Kier molecular flexibility index (Phi) is 3.61. The van der Waals surface area contributed by atoms with Gasteiger partial charge in [0.2, 0.25) is 5.95 Å². The molecular weight excluding hydrogens is 246 g/mol. The maximum absolute atomic E-state index is 13.4. The summed E-state index contributed by atoms with van der Waals surface area (Å²) >= 11 is 1.75. The normalized spacial score (nSPS) is 20.4. The Hall–Kier alpha value is -1.17. The highest BCUT2D eigenvalue weighted by atomic mass is 32.2. The third kappa shape index (κ3) is 2.41. The number of nitrogens with zero attached hydrogens (tertiary/aromatic N) is 2. The van der Waals surface area contributed by atoms with E-state index in [0.717, 1.165) is 17.7 Å². The van der Waals surface area contributed by atoms with Crippen LogP contribution in [0.25, 0.3) is 0 Å². The molecule has 1 aliphatic heterocycles. The molecule has 2 heterocycles. The molecule has 0 saturated carbocycles. The molecule has 0 N–H and O–H groups in total. The average molecular weight is 258 g/mol. The quantitative estimate of drug-likeness (QED) is 0.722. The summed E-state index contributed by atoms with van der Waals surface area (Å²) in [4.78, 5) is 16.8. The van der Waals surface area contributed by atoms with Crippen molar-refractivity contribution in [2.45, 2.75) is 13.0 Å². The average Bonchev–Trinajstić information content (AvgIpc) is 2.32. The molecule has 1 unspecified atom stereocenters. The minimum atomic E-state index is -1.23. The van der Waals surface area contributed by atoms with Crippen molar-refractivity contribution < 1.29 is 13.6 Å². The van der Waals surface area contributed by atoms with Crippen LogP contribution >= 0.6 is 11.8 Å². The number of rotatable bonds is 1. The van der Waals surface area contributed by atoms with E-state index in [2.05, 4.69) is 4.98 Å². The van der Waals surface area contributed by atoms with Crippen molar-refractivity contribution in [2.24, 2.45) is 0 Å². The van der Waals surface area contributed by atoms with Crippen molar-refractivity contribution in [2.75, 3.05) is 18.1 Å². The number of halogens is 2. The first kappa shape index (κ1) is 12.3. The molecular formula is C11H12F2N2OS. The molecule has 1 aromatic rings. The highest BCUT2D eigenvalue weighted by molar-refractivity contribution is 7.99. The lowest BCUT2D eigenvalue weighted by Crippen LogP contribution is -2.44.